The molecule has 0 bridgehead atoms. The summed E-state index contributed by atoms with van der Waals surface area (Å²) in [6, 6.07) is 5.24. The molecule has 2 atom stereocenters. The van der Waals surface area contributed by atoms with Crippen LogP contribution < -0.4 is 10.6 Å². The summed E-state index contributed by atoms with van der Waals surface area (Å²) < 4.78 is 18.4. The first kappa shape index (κ1) is 16.7. The topological polar surface area (TPSA) is 70.6 Å². The van der Waals surface area contributed by atoms with Crippen LogP contribution in [0.25, 0.3) is 0 Å². The molecule has 3 N–H and O–H groups in total. The maximum atomic E-state index is 12.8. The van der Waals surface area contributed by atoms with Crippen molar-refractivity contribution in [1.82, 2.24) is 10.6 Å². The van der Waals surface area contributed by atoms with Gasteiger partial charge < -0.3 is 20.5 Å². The van der Waals surface area contributed by atoms with Crippen LogP contribution in [0.5, 0.6) is 0 Å². The fourth-order valence-electron chi connectivity index (χ4n) is 2.44. The lowest BCUT2D eigenvalue weighted by Gasteiger charge is -2.22. The summed E-state index contributed by atoms with van der Waals surface area (Å²) in [5.74, 6) is -0.355. The lowest BCUT2D eigenvalue weighted by Crippen LogP contribution is -2.39. The Kier molecular flexibility index (Phi) is 6.61. The summed E-state index contributed by atoms with van der Waals surface area (Å²) in [4.78, 5) is 11.6. The smallest absolute Gasteiger partial charge is 0.314 e. The average Bonchev–Trinajstić information content (AvgIpc) is 2.54. The zero-order chi connectivity index (χ0) is 15.8. The van der Waals surface area contributed by atoms with E-state index in [1.807, 2.05) is 0 Å². The molecule has 1 aromatic carbocycles. The van der Waals surface area contributed by atoms with Crippen LogP contribution in [0, 0.1) is 5.82 Å². The maximum Gasteiger partial charge on any atom is 0.314 e. The highest BCUT2D eigenvalue weighted by Gasteiger charge is 2.14. The molecule has 1 aliphatic rings. The van der Waals surface area contributed by atoms with Gasteiger partial charge in [0.15, 0.2) is 0 Å². The minimum Gasteiger partial charge on any atom is -0.387 e. The van der Waals surface area contributed by atoms with E-state index in [4.69, 9.17) is 4.74 Å². The first-order valence-corrected chi connectivity index (χ1v) is 7.72. The molecule has 1 fully saturated rings. The molecule has 2 rings (SSSR count). The van der Waals surface area contributed by atoms with E-state index < -0.39 is 6.10 Å². The van der Waals surface area contributed by atoms with Gasteiger partial charge in [0.25, 0.3) is 0 Å². The molecule has 2 amide bonds. The van der Waals surface area contributed by atoms with Gasteiger partial charge in [0, 0.05) is 19.7 Å². The number of halogens is 1. The second-order valence-corrected chi connectivity index (χ2v) is 5.48. The van der Waals surface area contributed by atoms with Crippen molar-refractivity contribution in [2.75, 3.05) is 19.7 Å². The highest BCUT2D eigenvalue weighted by Crippen LogP contribution is 2.15. The second kappa shape index (κ2) is 8.70. The molecule has 0 aromatic heterocycles. The van der Waals surface area contributed by atoms with Crippen molar-refractivity contribution in [3.63, 3.8) is 0 Å². The zero-order valence-corrected chi connectivity index (χ0v) is 12.6. The highest BCUT2D eigenvalue weighted by atomic mass is 19.1. The number of rotatable bonds is 6. The number of hydrogen-bond acceptors (Lipinski definition) is 3. The Balaban J connectivity index is 1.61. The molecule has 5 nitrogen and oxygen atoms in total. The number of carbonyl (C=O) groups excluding carboxylic acids is 1. The minimum atomic E-state index is -0.854. The first-order chi connectivity index (χ1) is 10.6. The van der Waals surface area contributed by atoms with Crippen molar-refractivity contribution < 1.29 is 19.0 Å². The van der Waals surface area contributed by atoms with Crippen LogP contribution in [-0.2, 0) is 4.74 Å². The number of nitrogens with one attached hydrogen (secondary N) is 2. The summed E-state index contributed by atoms with van der Waals surface area (Å²) >= 11 is 0. The summed E-state index contributed by atoms with van der Waals surface area (Å²) in [5.41, 5.74) is 0.567. The van der Waals surface area contributed by atoms with Gasteiger partial charge in [-0.1, -0.05) is 12.1 Å². The standard InChI is InChI=1S/C16H23FN2O3/c17-13-6-4-12(5-7-13)15(20)11-19-16(21)18-9-8-14-3-1-2-10-22-14/h4-7,14-15,20H,1-3,8-11H2,(H2,18,19,21). The number of hydrogen-bond donors (Lipinski definition) is 3. The van der Waals surface area contributed by atoms with Gasteiger partial charge in [0.05, 0.1) is 12.2 Å². The molecule has 0 saturated carbocycles. The van der Waals surface area contributed by atoms with E-state index in [2.05, 4.69) is 10.6 Å². The third-order valence-corrected chi connectivity index (χ3v) is 3.74. The van der Waals surface area contributed by atoms with Crippen molar-refractivity contribution in [2.24, 2.45) is 0 Å². The summed E-state index contributed by atoms with van der Waals surface area (Å²) in [7, 11) is 0. The van der Waals surface area contributed by atoms with Gasteiger partial charge in [0.2, 0.25) is 0 Å². The van der Waals surface area contributed by atoms with Crippen molar-refractivity contribution >= 4 is 6.03 Å². The van der Waals surface area contributed by atoms with Crippen LogP contribution in [0.3, 0.4) is 0 Å². The van der Waals surface area contributed by atoms with Crippen LogP contribution in [0.15, 0.2) is 24.3 Å². The normalized spacial score (nSPS) is 19.5. The average molecular weight is 310 g/mol. The molecule has 1 aromatic rings. The fraction of sp³-hybridized carbons (Fsp3) is 0.562. The predicted molar refractivity (Wildman–Crippen MR) is 81.0 cm³/mol. The predicted octanol–water partition coefficient (Wildman–Crippen LogP) is 2.12. The number of amides is 2. The Labute approximate surface area is 129 Å². The monoisotopic (exact) mass is 310 g/mol. The molecule has 22 heavy (non-hydrogen) atoms. The van der Waals surface area contributed by atoms with E-state index in [-0.39, 0.29) is 24.5 Å². The summed E-state index contributed by atoms with van der Waals surface area (Å²) in [6.45, 7) is 1.43. The van der Waals surface area contributed by atoms with Crippen LogP contribution in [0.1, 0.15) is 37.4 Å². The van der Waals surface area contributed by atoms with Crippen LogP contribution in [-0.4, -0.2) is 36.9 Å². The summed E-state index contributed by atoms with van der Waals surface area (Å²) in [5, 5.41) is 15.2. The largest absolute Gasteiger partial charge is 0.387 e. The van der Waals surface area contributed by atoms with E-state index in [0.717, 1.165) is 25.9 Å². The number of aliphatic hydroxyl groups excluding tert-OH is 1. The first-order valence-electron chi connectivity index (χ1n) is 7.72. The van der Waals surface area contributed by atoms with Gasteiger partial charge >= 0.3 is 6.03 Å². The Hall–Kier alpha value is -1.66. The fourth-order valence-corrected chi connectivity index (χ4v) is 2.44. The van der Waals surface area contributed by atoms with E-state index in [1.54, 1.807) is 0 Å². The van der Waals surface area contributed by atoms with Crippen LogP contribution in [0.2, 0.25) is 0 Å². The maximum absolute atomic E-state index is 12.8. The van der Waals surface area contributed by atoms with Crippen LogP contribution in [0.4, 0.5) is 9.18 Å². The number of urea groups is 1. The van der Waals surface area contributed by atoms with E-state index >= 15 is 0 Å². The molecular formula is C16H23FN2O3. The lowest BCUT2D eigenvalue weighted by atomic mass is 10.1. The number of benzene rings is 1. The number of aliphatic hydroxyl groups is 1. The Morgan fingerprint density at radius 3 is 2.77 bits per heavy atom. The van der Waals surface area contributed by atoms with Gasteiger partial charge in [-0.15, -0.1) is 0 Å². The summed E-state index contributed by atoms with van der Waals surface area (Å²) in [6.07, 6.45) is 3.53. The van der Waals surface area contributed by atoms with E-state index in [9.17, 15) is 14.3 Å². The highest BCUT2D eigenvalue weighted by molar-refractivity contribution is 5.73. The quantitative estimate of drug-likeness (QED) is 0.754. The number of carbonyl (C=O) groups is 1. The Bertz CT molecular complexity index is 461. The van der Waals surface area contributed by atoms with E-state index in [1.165, 1.54) is 30.7 Å². The van der Waals surface area contributed by atoms with Crippen molar-refractivity contribution in [3.8, 4) is 0 Å². The SMILES string of the molecule is O=C(NCCC1CCCCO1)NCC(O)c1ccc(F)cc1. The molecule has 122 valence electrons. The van der Waals surface area contributed by atoms with Gasteiger partial charge in [-0.2, -0.15) is 0 Å². The molecule has 0 radical (unpaired) electrons. The molecule has 0 spiro atoms. The third kappa shape index (κ3) is 5.61. The van der Waals surface area contributed by atoms with Crippen LogP contribution >= 0.6 is 0 Å². The van der Waals surface area contributed by atoms with E-state index in [0.29, 0.717) is 12.1 Å². The molecule has 6 heteroatoms. The van der Waals surface area contributed by atoms with Crippen molar-refractivity contribution in [1.29, 1.82) is 0 Å². The molecular weight excluding hydrogens is 287 g/mol. The number of ether oxygens (including phenoxy) is 1. The molecule has 0 aliphatic carbocycles. The third-order valence-electron chi connectivity index (χ3n) is 3.74. The molecule has 1 saturated heterocycles. The molecule has 1 aliphatic heterocycles. The molecule has 1 heterocycles. The zero-order valence-electron chi connectivity index (χ0n) is 12.6. The van der Waals surface area contributed by atoms with Crippen molar-refractivity contribution in [2.45, 2.75) is 37.9 Å². The molecule has 2 unspecified atom stereocenters. The van der Waals surface area contributed by atoms with Gasteiger partial charge in [-0.05, 0) is 43.4 Å². The van der Waals surface area contributed by atoms with Gasteiger partial charge in [0.1, 0.15) is 5.82 Å². The van der Waals surface area contributed by atoms with Gasteiger partial charge in [-0.25, -0.2) is 9.18 Å². The Morgan fingerprint density at radius 2 is 2.09 bits per heavy atom. The van der Waals surface area contributed by atoms with Gasteiger partial charge in [-0.3, -0.25) is 0 Å². The second-order valence-electron chi connectivity index (χ2n) is 5.48. The lowest BCUT2D eigenvalue weighted by molar-refractivity contribution is 0.0120. The van der Waals surface area contributed by atoms with Crippen molar-refractivity contribution in [3.05, 3.63) is 35.6 Å². The Morgan fingerprint density at radius 1 is 1.32 bits per heavy atom. The minimum absolute atomic E-state index is 0.0807.